The number of benzene rings is 3. The van der Waals surface area contributed by atoms with Gasteiger partial charge in [0.25, 0.3) is 5.91 Å². The molecule has 1 aromatic heterocycles. The maximum atomic E-state index is 12.7. The molecule has 0 aliphatic rings. The summed E-state index contributed by atoms with van der Waals surface area (Å²) in [4.78, 5) is 12.7. The Balaban J connectivity index is 1.60. The highest BCUT2D eigenvalue weighted by Gasteiger charge is 2.13. The Morgan fingerprint density at radius 3 is 2.57 bits per heavy atom. The number of nitrogens with one attached hydrogen (secondary N) is 1. The number of carbonyl (C=O) groups is 1. The molecule has 0 spiro atoms. The van der Waals surface area contributed by atoms with Crippen LogP contribution in [0.25, 0.3) is 21.7 Å². The number of para-hydroxylation sites is 1. The predicted octanol–water partition coefficient (Wildman–Crippen LogP) is 4.59. The van der Waals surface area contributed by atoms with E-state index in [2.05, 4.69) is 34.2 Å². The van der Waals surface area contributed by atoms with Gasteiger partial charge < -0.3 is 9.30 Å². The van der Waals surface area contributed by atoms with Gasteiger partial charge in [-0.2, -0.15) is 5.10 Å². The number of ether oxygens (including phenoxy) is 1. The second kappa shape index (κ2) is 7.56. The number of rotatable bonds is 5. The van der Waals surface area contributed by atoms with Crippen molar-refractivity contribution in [2.75, 3.05) is 7.11 Å². The number of hydrogen-bond acceptors (Lipinski definition) is 3. The van der Waals surface area contributed by atoms with Gasteiger partial charge in [-0.1, -0.05) is 42.5 Å². The van der Waals surface area contributed by atoms with Crippen molar-refractivity contribution in [2.45, 2.75) is 13.5 Å². The lowest BCUT2D eigenvalue weighted by Crippen LogP contribution is -2.18. The van der Waals surface area contributed by atoms with Crippen LogP contribution < -0.4 is 10.2 Å². The van der Waals surface area contributed by atoms with Gasteiger partial charge >= 0.3 is 0 Å². The van der Waals surface area contributed by atoms with E-state index in [0.717, 1.165) is 33.8 Å². The smallest absolute Gasteiger partial charge is 0.275 e. The lowest BCUT2D eigenvalue weighted by atomic mass is 10.1. The highest BCUT2D eigenvalue weighted by atomic mass is 16.5. The standard InChI is InChI=1S/C23H21N3O2/c1-3-26-15-18(19-10-6-7-11-21(19)26)14-24-25-23(27)20-12-16-8-4-5-9-17(16)13-22(20)28-2/h4-15H,3H2,1-2H3,(H,25,27)/b24-14-. The molecule has 3 aromatic carbocycles. The van der Waals surface area contributed by atoms with Gasteiger partial charge in [-0.25, -0.2) is 5.43 Å². The second-order valence-corrected chi connectivity index (χ2v) is 6.49. The molecule has 4 rings (SSSR count). The van der Waals surface area contributed by atoms with Gasteiger partial charge in [-0.3, -0.25) is 4.79 Å². The van der Waals surface area contributed by atoms with Gasteiger partial charge in [0.2, 0.25) is 0 Å². The quantitative estimate of drug-likeness (QED) is 0.412. The van der Waals surface area contributed by atoms with E-state index in [1.165, 1.54) is 0 Å². The average Bonchev–Trinajstić information content (AvgIpc) is 3.10. The van der Waals surface area contributed by atoms with Gasteiger partial charge in [0.1, 0.15) is 5.75 Å². The summed E-state index contributed by atoms with van der Waals surface area (Å²) < 4.78 is 7.56. The van der Waals surface area contributed by atoms with E-state index in [0.29, 0.717) is 11.3 Å². The van der Waals surface area contributed by atoms with Crippen molar-refractivity contribution in [3.8, 4) is 5.75 Å². The van der Waals surface area contributed by atoms with E-state index < -0.39 is 0 Å². The third-order valence-electron chi connectivity index (χ3n) is 4.84. The number of carbonyl (C=O) groups excluding carboxylic acids is 1. The molecule has 4 aromatic rings. The Labute approximate surface area is 163 Å². The normalized spacial score (nSPS) is 11.4. The van der Waals surface area contributed by atoms with Gasteiger partial charge in [-0.15, -0.1) is 0 Å². The molecule has 140 valence electrons. The fourth-order valence-corrected chi connectivity index (χ4v) is 3.43. The highest BCUT2D eigenvalue weighted by molar-refractivity contribution is 6.03. The minimum absolute atomic E-state index is 0.307. The summed E-state index contributed by atoms with van der Waals surface area (Å²) in [5.41, 5.74) is 5.18. The molecule has 1 N–H and O–H groups in total. The average molecular weight is 371 g/mol. The van der Waals surface area contributed by atoms with Gasteiger partial charge in [0.05, 0.1) is 18.9 Å². The molecule has 0 fully saturated rings. The highest BCUT2D eigenvalue weighted by Crippen LogP contribution is 2.26. The molecule has 0 aliphatic heterocycles. The molecule has 5 nitrogen and oxygen atoms in total. The molecule has 0 radical (unpaired) electrons. The van der Waals surface area contributed by atoms with Crippen LogP contribution in [0.1, 0.15) is 22.8 Å². The molecule has 5 heteroatoms. The van der Waals surface area contributed by atoms with Crippen molar-refractivity contribution in [1.82, 2.24) is 9.99 Å². The number of aromatic nitrogens is 1. The zero-order chi connectivity index (χ0) is 19.5. The number of fused-ring (bicyclic) bond motifs is 2. The van der Waals surface area contributed by atoms with E-state index >= 15 is 0 Å². The third kappa shape index (κ3) is 3.22. The van der Waals surface area contributed by atoms with Crippen molar-refractivity contribution in [2.24, 2.45) is 5.10 Å². The first-order valence-corrected chi connectivity index (χ1v) is 9.19. The van der Waals surface area contributed by atoms with Crippen LogP contribution in [0.2, 0.25) is 0 Å². The second-order valence-electron chi connectivity index (χ2n) is 6.49. The Hall–Kier alpha value is -3.60. The first-order chi connectivity index (χ1) is 13.7. The minimum Gasteiger partial charge on any atom is -0.496 e. The van der Waals surface area contributed by atoms with E-state index in [4.69, 9.17) is 4.74 Å². The van der Waals surface area contributed by atoms with Gasteiger partial charge in [0.15, 0.2) is 0 Å². The fraction of sp³-hybridized carbons (Fsp3) is 0.130. The molecular formula is C23H21N3O2. The Kier molecular flexibility index (Phi) is 4.81. The van der Waals surface area contributed by atoms with Crippen LogP contribution in [-0.2, 0) is 6.54 Å². The molecular weight excluding hydrogens is 350 g/mol. The first kappa shape index (κ1) is 17.8. The molecule has 0 atom stereocenters. The summed E-state index contributed by atoms with van der Waals surface area (Å²) in [5, 5.41) is 7.28. The molecule has 1 amide bonds. The Morgan fingerprint density at radius 1 is 1.11 bits per heavy atom. The van der Waals surface area contributed by atoms with Crippen molar-refractivity contribution in [3.05, 3.63) is 78.0 Å². The van der Waals surface area contributed by atoms with E-state index in [1.54, 1.807) is 13.3 Å². The molecule has 1 heterocycles. The Morgan fingerprint density at radius 2 is 1.82 bits per heavy atom. The summed E-state index contributed by atoms with van der Waals surface area (Å²) >= 11 is 0. The van der Waals surface area contributed by atoms with E-state index in [9.17, 15) is 4.79 Å². The number of hydrazone groups is 1. The third-order valence-corrected chi connectivity index (χ3v) is 4.84. The maximum Gasteiger partial charge on any atom is 0.275 e. The van der Waals surface area contributed by atoms with Crippen molar-refractivity contribution in [1.29, 1.82) is 0 Å². The number of hydrogen-bond donors (Lipinski definition) is 1. The van der Waals surface area contributed by atoms with Crippen LogP contribution in [0, 0.1) is 0 Å². The molecule has 0 saturated carbocycles. The van der Waals surface area contributed by atoms with Crippen LogP contribution in [0.15, 0.2) is 72.0 Å². The van der Waals surface area contributed by atoms with Crippen LogP contribution >= 0.6 is 0 Å². The molecule has 0 saturated heterocycles. The maximum absolute atomic E-state index is 12.7. The zero-order valence-electron chi connectivity index (χ0n) is 15.8. The summed E-state index contributed by atoms with van der Waals surface area (Å²) in [7, 11) is 1.56. The lowest BCUT2D eigenvalue weighted by Gasteiger charge is -2.09. The largest absolute Gasteiger partial charge is 0.496 e. The Bertz CT molecular complexity index is 1190. The summed E-state index contributed by atoms with van der Waals surface area (Å²) in [6.07, 6.45) is 3.72. The van der Waals surface area contributed by atoms with Crippen molar-refractivity contribution in [3.63, 3.8) is 0 Å². The van der Waals surface area contributed by atoms with Gasteiger partial charge in [-0.05, 0) is 35.9 Å². The van der Waals surface area contributed by atoms with E-state index in [1.807, 2.05) is 54.7 Å². The van der Waals surface area contributed by atoms with Crippen molar-refractivity contribution >= 4 is 33.8 Å². The number of aryl methyl sites for hydroxylation is 1. The number of nitrogens with zero attached hydrogens (tertiary/aromatic N) is 2. The van der Waals surface area contributed by atoms with Crippen LogP contribution in [0.4, 0.5) is 0 Å². The summed E-state index contributed by atoms with van der Waals surface area (Å²) in [6.45, 7) is 2.97. The van der Waals surface area contributed by atoms with Crippen LogP contribution in [0.5, 0.6) is 5.75 Å². The van der Waals surface area contributed by atoms with Gasteiger partial charge in [0, 0.05) is 29.2 Å². The SMILES string of the molecule is CCn1cc(/C=N\NC(=O)c2cc3ccccc3cc2OC)c2ccccc21. The van der Waals surface area contributed by atoms with Crippen molar-refractivity contribution < 1.29 is 9.53 Å². The zero-order valence-corrected chi connectivity index (χ0v) is 15.8. The topological polar surface area (TPSA) is 55.6 Å². The number of amides is 1. The van der Waals surface area contributed by atoms with Crippen LogP contribution in [0.3, 0.4) is 0 Å². The predicted molar refractivity (Wildman–Crippen MR) is 113 cm³/mol. The molecule has 28 heavy (non-hydrogen) atoms. The number of methoxy groups -OCH3 is 1. The summed E-state index contributed by atoms with van der Waals surface area (Å²) in [6, 6.07) is 19.7. The summed E-state index contributed by atoms with van der Waals surface area (Å²) in [5.74, 6) is 0.215. The fourth-order valence-electron chi connectivity index (χ4n) is 3.43. The van der Waals surface area contributed by atoms with E-state index in [-0.39, 0.29) is 5.91 Å². The lowest BCUT2D eigenvalue weighted by molar-refractivity contribution is 0.0952. The first-order valence-electron chi connectivity index (χ1n) is 9.19. The monoisotopic (exact) mass is 371 g/mol. The molecule has 0 bridgehead atoms. The van der Waals surface area contributed by atoms with Crippen LogP contribution in [-0.4, -0.2) is 23.8 Å². The molecule has 0 aliphatic carbocycles. The molecule has 0 unspecified atom stereocenters. The minimum atomic E-state index is -0.307.